The SMILES string of the molecule is CONC(=O)c1cccc(-c2ccc(O)c3c2C[C@@H]2C[C@@H]4C(N(C)C)C(=O)C(C(N)=O)C(=O)[C@]4(O)C(=O)C2C3=O)c1. The van der Waals surface area contributed by atoms with E-state index in [-0.39, 0.29) is 29.7 Å². The Morgan fingerprint density at radius 2 is 1.80 bits per heavy atom. The van der Waals surface area contributed by atoms with Gasteiger partial charge in [0.2, 0.25) is 5.91 Å². The van der Waals surface area contributed by atoms with E-state index in [1.165, 1.54) is 32.2 Å². The molecule has 3 unspecified atom stereocenters. The molecule has 0 spiro atoms. The van der Waals surface area contributed by atoms with Gasteiger partial charge >= 0.3 is 0 Å². The van der Waals surface area contributed by atoms with Crippen molar-refractivity contribution in [1.82, 2.24) is 10.4 Å². The fourth-order valence-electron chi connectivity index (χ4n) is 6.85. The molecule has 3 aliphatic rings. The largest absolute Gasteiger partial charge is 0.507 e. The molecule has 2 saturated carbocycles. The van der Waals surface area contributed by atoms with Gasteiger partial charge in [-0.05, 0) is 67.7 Å². The van der Waals surface area contributed by atoms with Crippen LogP contribution in [0.4, 0.5) is 0 Å². The van der Waals surface area contributed by atoms with Crippen molar-refractivity contribution < 1.29 is 43.8 Å². The maximum absolute atomic E-state index is 13.9. The van der Waals surface area contributed by atoms with Gasteiger partial charge in [0.05, 0.1) is 24.6 Å². The number of nitrogens with one attached hydrogen (secondary N) is 1. The lowest BCUT2D eigenvalue weighted by Gasteiger charge is -2.52. The molecule has 5 N–H and O–H groups in total. The fourth-order valence-corrected chi connectivity index (χ4v) is 6.85. The van der Waals surface area contributed by atoms with Crippen LogP contribution in [0.25, 0.3) is 11.1 Å². The fraction of sp³-hybridized carbons (Fsp3) is 0.379. The molecule has 3 aliphatic carbocycles. The van der Waals surface area contributed by atoms with Crippen LogP contribution < -0.4 is 11.2 Å². The Labute approximate surface area is 234 Å². The zero-order valence-corrected chi connectivity index (χ0v) is 22.5. The highest BCUT2D eigenvalue weighted by atomic mass is 16.6. The molecule has 0 saturated heterocycles. The van der Waals surface area contributed by atoms with E-state index in [0.717, 1.165) is 0 Å². The number of amides is 2. The second kappa shape index (κ2) is 9.98. The minimum absolute atomic E-state index is 0.0602. The number of ketones is 4. The Hall–Kier alpha value is -4.26. The standard InChI is InChI=1S/C29H29N3O9/c1-32(2)22-17-11-14-10-16-15(12-5-4-6-13(9-12)28(39)31-41-3)7-8-18(33)20(16)23(34)19(14)25(36)29(17,40)26(37)21(24(22)35)27(30)38/h4-9,14,17,19,21-22,33,40H,10-11H2,1-3H3,(H2,30,38)(H,31,39)/t14-,17-,19?,21?,22?,29-/m1/s1. The molecule has 0 radical (unpaired) electrons. The van der Waals surface area contributed by atoms with Crippen LogP contribution in [0.5, 0.6) is 5.75 Å². The van der Waals surface area contributed by atoms with Crippen LogP contribution in [-0.2, 0) is 30.4 Å². The van der Waals surface area contributed by atoms with Crippen molar-refractivity contribution in [3.8, 4) is 16.9 Å². The topological polar surface area (TPSA) is 193 Å². The number of aliphatic hydroxyl groups is 1. The summed E-state index contributed by atoms with van der Waals surface area (Å²) in [5.41, 5.74) is 6.49. The lowest BCUT2D eigenvalue weighted by molar-refractivity contribution is -0.181. The van der Waals surface area contributed by atoms with Gasteiger partial charge in [0.25, 0.3) is 5.91 Å². The van der Waals surface area contributed by atoms with E-state index in [0.29, 0.717) is 16.7 Å². The Kier molecular flexibility index (Phi) is 6.88. The van der Waals surface area contributed by atoms with Crippen molar-refractivity contribution in [2.45, 2.75) is 24.5 Å². The maximum Gasteiger partial charge on any atom is 0.274 e. The Bertz CT molecular complexity index is 1530. The van der Waals surface area contributed by atoms with Crippen molar-refractivity contribution in [3.05, 3.63) is 53.1 Å². The predicted molar refractivity (Wildman–Crippen MR) is 141 cm³/mol. The van der Waals surface area contributed by atoms with Crippen LogP contribution in [0.15, 0.2) is 36.4 Å². The molecule has 0 aromatic heterocycles. The lowest BCUT2D eigenvalue weighted by Crippen LogP contribution is -2.74. The Balaban J connectivity index is 1.63. The molecule has 0 heterocycles. The molecule has 2 aromatic rings. The van der Waals surface area contributed by atoms with Crippen molar-refractivity contribution in [2.75, 3.05) is 21.2 Å². The number of nitrogens with zero attached hydrogens (tertiary/aromatic N) is 1. The predicted octanol–water partition coefficient (Wildman–Crippen LogP) is -0.175. The van der Waals surface area contributed by atoms with Crippen LogP contribution in [0, 0.1) is 23.7 Å². The molecule has 0 bridgehead atoms. The quantitative estimate of drug-likeness (QED) is 0.280. The van der Waals surface area contributed by atoms with Crippen LogP contribution in [-0.4, -0.2) is 82.9 Å². The Morgan fingerprint density at radius 1 is 1.10 bits per heavy atom. The second-order valence-electron chi connectivity index (χ2n) is 11.0. The summed E-state index contributed by atoms with van der Waals surface area (Å²) >= 11 is 0. The van der Waals surface area contributed by atoms with E-state index in [2.05, 4.69) is 5.48 Å². The van der Waals surface area contributed by atoms with Crippen molar-refractivity contribution in [1.29, 1.82) is 0 Å². The number of hydrogen-bond donors (Lipinski definition) is 4. The smallest absolute Gasteiger partial charge is 0.274 e. The van der Waals surface area contributed by atoms with Crippen LogP contribution in [0.1, 0.15) is 32.7 Å². The summed E-state index contributed by atoms with van der Waals surface area (Å²) in [5, 5.41) is 22.4. The average Bonchev–Trinajstić information content (AvgIpc) is 2.90. The maximum atomic E-state index is 13.9. The van der Waals surface area contributed by atoms with Gasteiger partial charge in [-0.2, -0.15) is 0 Å². The number of hydrogen-bond acceptors (Lipinski definition) is 10. The third-order valence-electron chi connectivity index (χ3n) is 8.58. The number of Topliss-reactive ketones (excluding diaryl/α,β-unsaturated/α-hetero) is 4. The summed E-state index contributed by atoms with van der Waals surface area (Å²) in [6.07, 6.45) is 0.0410. The first-order valence-electron chi connectivity index (χ1n) is 13.0. The number of likely N-dealkylation sites (N-methyl/N-ethyl adjacent to an activating group) is 1. The number of benzene rings is 2. The molecule has 2 aromatic carbocycles. The second-order valence-corrected chi connectivity index (χ2v) is 11.0. The zero-order chi connectivity index (χ0) is 30.0. The molecular weight excluding hydrogens is 534 g/mol. The highest BCUT2D eigenvalue weighted by Crippen LogP contribution is 2.51. The van der Waals surface area contributed by atoms with Gasteiger partial charge in [-0.25, -0.2) is 5.48 Å². The third-order valence-corrected chi connectivity index (χ3v) is 8.58. The Morgan fingerprint density at radius 3 is 2.44 bits per heavy atom. The minimum atomic E-state index is -2.78. The molecular formula is C29H29N3O9. The number of carbonyl (C=O) groups is 6. The number of primary amides is 1. The summed E-state index contributed by atoms with van der Waals surface area (Å²) in [6.45, 7) is 0. The summed E-state index contributed by atoms with van der Waals surface area (Å²) in [4.78, 5) is 85.0. The van der Waals surface area contributed by atoms with E-state index in [4.69, 9.17) is 10.6 Å². The monoisotopic (exact) mass is 563 g/mol. The molecule has 12 nitrogen and oxygen atoms in total. The van der Waals surface area contributed by atoms with Gasteiger partial charge in [0.1, 0.15) is 5.75 Å². The van der Waals surface area contributed by atoms with E-state index < -0.39 is 70.3 Å². The first-order valence-corrected chi connectivity index (χ1v) is 13.0. The molecule has 2 fully saturated rings. The third kappa shape index (κ3) is 4.09. The van der Waals surface area contributed by atoms with Crippen molar-refractivity contribution >= 4 is 34.9 Å². The normalized spacial score (nSPS) is 29.0. The van der Waals surface area contributed by atoms with E-state index in [1.807, 2.05) is 0 Å². The number of aromatic hydroxyl groups is 1. The molecule has 214 valence electrons. The molecule has 0 aliphatic heterocycles. The number of nitrogens with two attached hydrogens (primary N) is 1. The van der Waals surface area contributed by atoms with Gasteiger partial charge in [-0.3, -0.25) is 38.5 Å². The summed E-state index contributed by atoms with van der Waals surface area (Å²) in [7, 11) is 4.35. The van der Waals surface area contributed by atoms with Crippen molar-refractivity contribution in [2.24, 2.45) is 29.4 Å². The molecule has 2 amide bonds. The highest BCUT2D eigenvalue weighted by molar-refractivity contribution is 6.32. The zero-order valence-electron chi connectivity index (χ0n) is 22.5. The minimum Gasteiger partial charge on any atom is -0.507 e. The number of rotatable bonds is 5. The average molecular weight is 564 g/mol. The van der Waals surface area contributed by atoms with Gasteiger partial charge < -0.3 is 15.9 Å². The van der Waals surface area contributed by atoms with Crippen LogP contribution in [0.3, 0.4) is 0 Å². The van der Waals surface area contributed by atoms with E-state index in [1.54, 1.807) is 30.3 Å². The first-order chi connectivity index (χ1) is 19.3. The van der Waals surface area contributed by atoms with Crippen LogP contribution in [0.2, 0.25) is 0 Å². The van der Waals surface area contributed by atoms with E-state index in [9.17, 15) is 39.0 Å². The number of fused-ring (bicyclic) bond motifs is 3. The van der Waals surface area contributed by atoms with Crippen molar-refractivity contribution in [3.63, 3.8) is 0 Å². The summed E-state index contributed by atoms with van der Waals surface area (Å²) in [6, 6.07) is 8.25. The van der Waals surface area contributed by atoms with Gasteiger partial charge in [-0.15, -0.1) is 0 Å². The molecule has 12 heteroatoms. The number of hydroxylamine groups is 1. The van der Waals surface area contributed by atoms with Gasteiger partial charge in [0.15, 0.2) is 34.7 Å². The molecule has 5 rings (SSSR count). The molecule has 6 atom stereocenters. The van der Waals surface area contributed by atoms with Gasteiger partial charge in [0, 0.05) is 11.5 Å². The highest BCUT2D eigenvalue weighted by Gasteiger charge is 2.69. The molecule has 41 heavy (non-hydrogen) atoms. The lowest BCUT2D eigenvalue weighted by atomic mass is 9.52. The summed E-state index contributed by atoms with van der Waals surface area (Å²) in [5.74, 6) is -11.6. The van der Waals surface area contributed by atoms with E-state index >= 15 is 0 Å². The van der Waals surface area contributed by atoms with Gasteiger partial charge in [-0.1, -0.05) is 18.2 Å². The van der Waals surface area contributed by atoms with Crippen LogP contribution >= 0.6 is 0 Å². The number of phenolic OH excluding ortho intramolecular Hbond substituents is 1. The summed E-state index contributed by atoms with van der Waals surface area (Å²) < 4.78 is 0. The number of phenols is 1. The number of carbonyl (C=O) groups excluding carboxylic acids is 6. The first kappa shape index (κ1) is 28.3.